The second-order valence-electron chi connectivity index (χ2n) is 3.10. The lowest BCUT2D eigenvalue weighted by atomic mass is 9.88. The topological polar surface area (TPSA) is 0 Å². The smallest absolute Gasteiger partial charge is 0.000194 e. The van der Waals surface area contributed by atoms with Crippen molar-refractivity contribution in [3.8, 4) is 11.8 Å². The molecule has 0 N–H and O–H groups in total. The van der Waals surface area contributed by atoms with Crippen molar-refractivity contribution >= 4 is 0 Å². The Morgan fingerprint density at radius 3 is 1.89 bits per heavy atom. The predicted octanol–water partition coefficient (Wildman–Crippen LogP) is 2.61. The van der Waals surface area contributed by atoms with E-state index in [4.69, 9.17) is 0 Å². The van der Waals surface area contributed by atoms with E-state index < -0.39 is 0 Å². The molecule has 0 fully saturated rings. The molecule has 0 aromatic carbocycles. The number of rotatable bonds is 0. The van der Waals surface area contributed by atoms with Gasteiger partial charge in [-0.2, -0.15) is 0 Å². The molecule has 0 amide bonds. The summed E-state index contributed by atoms with van der Waals surface area (Å²) in [5.41, 5.74) is 1.15. The van der Waals surface area contributed by atoms with Crippen molar-refractivity contribution in [2.75, 3.05) is 0 Å². The molecule has 0 spiro atoms. The SMILES string of the molecule is C=C(C#CC)C(C)(C)C. The van der Waals surface area contributed by atoms with Gasteiger partial charge in [0.1, 0.15) is 0 Å². The maximum absolute atomic E-state index is 3.84. The van der Waals surface area contributed by atoms with Crippen LogP contribution in [0.3, 0.4) is 0 Å². The first kappa shape index (κ1) is 8.30. The first-order valence-electron chi connectivity index (χ1n) is 3.10. The Kier molecular flexibility index (Phi) is 2.52. The van der Waals surface area contributed by atoms with Gasteiger partial charge in [-0.05, 0) is 12.3 Å². The molecule has 0 bridgehead atoms. The highest BCUT2D eigenvalue weighted by Gasteiger charge is 2.11. The van der Waals surface area contributed by atoms with Crippen LogP contribution in [0, 0.1) is 17.3 Å². The van der Waals surface area contributed by atoms with Gasteiger partial charge in [0.2, 0.25) is 0 Å². The van der Waals surface area contributed by atoms with Crippen LogP contribution in [-0.2, 0) is 0 Å². The van der Waals surface area contributed by atoms with Crippen LogP contribution in [0.2, 0.25) is 0 Å². The third-order valence-electron chi connectivity index (χ3n) is 1.18. The lowest BCUT2D eigenvalue weighted by molar-refractivity contribution is 0.523. The van der Waals surface area contributed by atoms with E-state index in [2.05, 4.69) is 39.2 Å². The van der Waals surface area contributed by atoms with Gasteiger partial charge in [-0.1, -0.05) is 33.3 Å². The molecule has 0 saturated carbocycles. The average Bonchev–Trinajstić information content (AvgIpc) is 1.64. The highest BCUT2D eigenvalue weighted by atomic mass is 14.1. The molecular weight excluding hydrogens is 108 g/mol. The number of hydrogen-bond donors (Lipinski definition) is 0. The highest BCUT2D eigenvalue weighted by molar-refractivity contribution is 5.29. The van der Waals surface area contributed by atoms with Crippen molar-refractivity contribution in [2.45, 2.75) is 27.7 Å². The van der Waals surface area contributed by atoms with Crippen molar-refractivity contribution in [1.82, 2.24) is 0 Å². The number of allylic oxidation sites excluding steroid dienone is 1. The van der Waals surface area contributed by atoms with Crippen LogP contribution in [0.5, 0.6) is 0 Å². The second-order valence-corrected chi connectivity index (χ2v) is 3.10. The molecule has 50 valence electrons. The summed E-state index contributed by atoms with van der Waals surface area (Å²) in [5.74, 6) is 5.77. The monoisotopic (exact) mass is 122 g/mol. The Bertz CT molecular complexity index is 157. The molecule has 0 rings (SSSR count). The van der Waals surface area contributed by atoms with Crippen LogP contribution >= 0.6 is 0 Å². The van der Waals surface area contributed by atoms with Gasteiger partial charge in [-0.3, -0.25) is 0 Å². The summed E-state index contributed by atoms with van der Waals surface area (Å²) >= 11 is 0. The zero-order valence-corrected chi connectivity index (χ0v) is 6.71. The maximum Gasteiger partial charge on any atom is 0.000194 e. The number of hydrogen-bond acceptors (Lipinski definition) is 0. The van der Waals surface area contributed by atoms with Gasteiger partial charge in [-0.25, -0.2) is 0 Å². The lowest BCUT2D eigenvalue weighted by Crippen LogP contribution is -2.05. The van der Waals surface area contributed by atoms with E-state index in [0.717, 1.165) is 5.57 Å². The molecule has 0 aliphatic heterocycles. The minimum Gasteiger partial charge on any atom is -0.102 e. The minimum absolute atomic E-state index is 0.142. The van der Waals surface area contributed by atoms with Crippen molar-refractivity contribution in [3.05, 3.63) is 12.2 Å². The highest BCUT2D eigenvalue weighted by Crippen LogP contribution is 2.21. The van der Waals surface area contributed by atoms with Crippen molar-refractivity contribution < 1.29 is 0 Å². The summed E-state index contributed by atoms with van der Waals surface area (Å²) in [6, 6.07) is 0. The molecule has 0 unspecified atom stereocenters. The fourth-order valence-electron chi connectivity index (χ4n) is 0.338. The van der Waals surface area contributed by atoms with Gasteiger partial charge in [-0.15, -0.1) is 5.92 Å². The van der Waals surface area contributed by atoms with E-state index in [1.54, 1.807) is 0 Å². The maximum atomic E-state index is 3.84. The molecule has 0 aromatic heterocycles. The molecule has 0 heterocycles. The zero-order chi connectivity index (χ0) is 7.49. The molecule has 0 atom stereocenters. The summed E-state index contributed by atoms with van der Waals surface area (Å²) < 4.78 is 0. The molecule has 0 saturated heterocycles. The summed E-state index contributed by atoms with van der Waals surface area (Å²) in [4.78, 5) is 0. The molecule has 0 aromatic rings. The summed E-state index contributed by atoms with van der Waals surface area (Å²) in [7, 11) is 0. The largest absolute Gasteiger partial charge is 0.102 e. The lowest BCUT2D eigenvalue weighted by Gasteiger charge is -2.16. The average molecular weight is 122 g/mol. The van der Waals surface area contributed by atoms with E-state index in [9.17, 15) is 0 Å². The molecule has 9 heavy (non-hydrogen) atoms. The van der Waals surface area contributed by atoms with Crippen LogP contribution in [0.25, 0.3) is 0 Å². The van der Waals surface area contributed by atoms with Crippen molar-refractivity contribution in [2.24, 2.45) is 5.41 Å². The van der Waals surface area contributed by atoms with Crippen molar-refractivity contribution in [3.63, 3.8) is 0 Å². The van der Waals surface area contributed by atoms with Crippen molar-refractivity contribution in [1.29, 1.82) is 0 Å². The predicted molar refractivity (Wildman–Crippen MR) is 42.0 cm³/mol. The van der Waals surface area contributed by atoms with Gasteiger partial charge in [0.25, 0.3) is 0 Å². The standard InChI is InChI=1S/C9H14/c1-6-7-8(2)9(3,4)5/h2H2,1,3-5H3. The Hall–Kier alpha value is -0.700. The van der Waals surface area contributed by atoms with Gasteiger partial charge < -0.3 is 0 Å². The second kappa shape index (κ2) is 2.73. The fraction of sp³-hybridized carbons (Fsp3) is 0.556. The Morgan fingerprint density at radius 1 is 1.33 bits per heavy atom. The van der Waals surface area contributed by atoms with E-state index in [1.807, 2.05) is 6.92 Å². The summed E-state index contributed by atoms with van der Waals surface area (Å²) in [5, 5.41) is 0. The molecule has 0 heteroatoms. The van der Waals surface area contributed by atoms with Crippen LogP contribution in [0.1, 0.15) is 27.7 Å². The van der Waals surface area contributed by atoms with Crippen LogP contribution in [-0.4, -0.2) is 0 Å². The molecule has 0 aliphatic rings. The Balaban J connectivity index is 4.17. The van der Waals surface area contributed by atoms with Crippen LogP contribution in [0.4, 0.5) is 0 Å². The normalized spacial score (nSPS) is 9.78. The minimum atomic E-state index is 0.142. The summed E-state index contributed by atoms with van der Waals surface area (Å²) in [6.07, 6.45) is 0. The molecule has 0 aliphatic carbocycles. The Labute approximate surface area is 58.0 Å². The quantitative estimate of drug-likeness (QED) is 0.433. The third kappa shape index (κ3) is 2.98. The van der Waals surface area contributed by atoms with Crippen LogP contribution in [0.15, 0.2) is 12.2 Å². The first-order chi connectivity index (χ1) is 3.98. The molecule has 0 nitrogen and oxygen atoms in total. The zero-order valence-electron chi connectivity index (χ0n) is 6.71. The fourth-order valence-corrected chi connectivity index (χ4v) is 0.338. The van der Waals surface area contributed by atoms with Gasteiger partial charge in [0.15, 0.2) is 0 Å². The van der Waals surface area contributed by atoms with Gasteiger partial charge in [0, 0.05) is 5.57 Å². The van der Waals surface area contributed by atoms with E-state index in [-0.39, 0.29) is 5.41 Å². The van der Waals surface area contributed by atoms with E-state index >= 15 is 0 Å². The molecule has 0 radical (unpaired) electrons. The Morgan fingerprint density at radius 2 is 1.78 bits per heavy atom. The van der Waals surface area contributed by atoms with E-state index in [1.165, 1.54) is 0 Å². The van der Waals surface area contributed by atoms with Crippen LogP contribution < -0.4 is 0 Å². The molecular formula is C9H14. The van der Waals surface area contributed by atoms with Gasteiger partial charge in [0.05, 0.1) is 0 Å². The third-order valence-corrected chi connectivity index (χ3v) is 1.18. The van der Waals surface area contributed by atoms with Gasteiger partial charge >= 0.3 is 0 Å². The first-order valence-corrected chi connectivity index (χ1v) is 3.10. The van der Waals surface area contributed by atoms with E-state index in [0.29, 0.717) is 0 Å². The summed E-state index contributed by atoms with van der Waals surface area (Å²) in [6.45, 7) is 12.0.